The highest BCUT2D eigenvalue weighted by Crippen LogP contribution is 2.37. The number of rotatable bonds is 6. The Kier molecular flexibility index (Phi) is 5.18. The third kappa shape index (κ3) is 4.19. The predicted molar refractivity (Wildman–Crippen MR) is 91.9 cm³/mol. The fourth-order valence-electron chi connectivity index (χ4n) is 2.12. The lowest BCUT2D eigenvalue weighted by atomic mass is 10.1. The largest absolute Gasteiger partial charge is 0.484 e. The third-order valence-electron chi connectivity index (χ3n) is 3.28. The van der Waals surface area contributed by atoms with E-state index in [1.807, 2.05) is 0 Å². The van der Waals surface area contributed by atoms with E-state index >= 15 is 0 Å². The van der Waals surface area contributed by atoms with Crippen molar-refractivity contribution in [2.75, 3.05) is 13.4 Å². The van der Waals surface area contributed by atoms with Crippen molar-refractivity contribution in [2.24, 2.45) is 5.10 Å². The smallest absolute Gasteiger partial charge is 0.282 e. The van der Waals surface area contributed by atoms with Gasteiger partial charge in [0.2, 0.25) is 6.79 Å². The van der Waals surface area contributed by atoms with E-state index in [1.165, 1.54) is 12.1 Å². The van der Waals surface area contributed by atoms with Gasteiger partial charge in [-0.15, -0.1) is 0 Å². The molecule has 0 aromatic heterocycles. The fraction of sp³-hybridized carbons (Fsp3) is 0.125. The van der Waals surface area contributed by atoms with E-state index in [-0.39, 0.29) is 30.4 Å². The van der Waals surface area contributed by atoms with Gasteiger partial charge in [0.25, 0.3) is 11.6 Å². The first-order valence-corrected chi connectivity index (χ1v) is 7.69. The third-order valence-corrected chi connectivity index (χ3v) is 3.51. The van der Waals surface area contributed by atoms with Gasteiger partial charge in [-0.25, -0.2) is 5.43 Å². The van der Waals surface area contributed by atoms with Crippen LogP contribution < -0.4 is 19.6 Å². The number of nitro groups is 1. The molecule has 26 heavy (non-hydrogen) atoms. The van der Waals surface area contributed by atoms with Gasteiger partial charge in [-0.1, -0.05) is 17.7 Å². The maximum absolute atomic E-state index is 11.7. The summed E-state index contributed by atoms with van der Waals surface area (Å²) in [6, 6.07) is 9.24. The van der Waals surface area contributed by atoms with Crippen molar-refractivity contribution in [1.29, 1.82) is 0 Å². The molecule has 1 heterocycles. The highest BCUT2D eigenvalue weighted by atomic mass is 35.5. The summed E-state index contributed by atoms with van der Waals surface area (Å²) in [5, 5.41) is 15.3. The molecule has 2 aromatic carbocycles. The quantitative estimate of drug-likeness (QED) is 0.470. The van der Waals surface area contributed by atoms with Gasteiger partial charge < -0.3 is 14.2 Å². The molecule has 2 aromatic rings. The number of hydrazone groups is 1. The highest BCUT2D eigenvalue weighted by molar-refractivity contribution is 6.30. The number of carbonyl (C=O) groups excluding carboxylic acids is 1. The lowest BCUT2D eigenvalue weighted by Gasteiger charge is -2.05. The van der Waals surface area contributed by atoms with Crippen molar-refractivity contribution >= 4 is 29.4 Å². The second-order valence-electron chi connectivity index (χ2n) is 5.06. The van der Waals surface area contributed by atoms with Crippen LogP contribution in [0.4, 0.5) is 5.69 Å². The summed E-state index contributed by atoms with van der Waals surface area (Å²) in [5.74, 6) is 0.549. The van der Waals surface area contributed by atoms with Crippen LogP contribution in [0.15, 0.2) is 41.5 Å². The van der Waals surface area contributed by atoms with Crippen molar-refractivity contribution in [2.45, 2.75) is 0 Å². The molecule has 9 nitrogen and oxygen atoms in total. The van der Waals surface area contributed by atoms with Gasteiger partial charge in [0.15, 0.2) is 18.1 Å². The number of benzene rings is 2. The highest BCUT2D eigenvalue weighted by Gasteiger charge is 2.22. The van der Waals surface area contributed by atoms with Gasteiger partial charge in [0, 0.05) is 5.02 Å². The van der Waals surface area contributed by atoms with Crippen LogP contribution in [0.25, 0.3) is 0 Å². The van der Waals surface area contributed by atoms with Crippen molar-refractivity contribution in [3.8, 4) is 17.2 Å². The molecule has 0 bridgehead atoms. The summed E-state index contributed by atoms with van der Waals surface area (Å²) in [6.45, 7) is -0.300. The van der Waals surface area contributed by atoms with E-state index in [1.54, 1.807) is 24.3 Å². The summed E-state index contributed by atoms with van der Waals surface area (Å²) in [5.41, 5.74) is 2.17. The molecule has 0 unspecified atom stereocenters. The van der Waals surface area contributed by atoms with Gasteiger partial charge in [0.1, 0.15) is 5.75 Å². The van der Waals surface area contributed by atoms with Gasteiger partial charge in [0.05, 0.1) is 22.8 Å². The molecule has 0 saturated carbocycles. The number of hydrogen-bond acceptors (Lipinski definition) is 7. The Balaban J connectivity index is 1.61. The lowest BCUT2D eigenvalue weighted by molar-refractivity contribution is -0.385. The number of halogens is 1. The molecule has 10 heteroatoms. The first-order chi connectivity index (χ1) is 12.5. The van der Waals surface area contributed by atoms with Gasteiger partial charge in [-0.05, 0) is 24.3 Å². The van der Waals surface area contributed by atoms with E-state index in [4.69, 9.17) is 25.8 Å². The molecule has 3 rings (SSSR count). The minimum atomic E-state index is -0.576. The summed E-state index contributed by atoms with van der Waals surface area (Å²) in [6.07, 6.45) is 1.15. The molecular weight excluding hydrogens is 366 g/mol. The molecule has 1 amide bonds. The molecule has 0 spiro atoms. The van der Waals surface area contributed by atoms with Crippen molar-refractivity contribution in [3.63, 3.8) is 0 Å². The average Bonchev–Trinajstić information content (AvgIpc) is 3.06. The number of fused-ring (bicyclic) bond motifs is 1. The van der Waals surface area contributed by atoms with Crippen LogP contribution in [0.2, 0.25) is 5.02 Å². The van der Waals surface area contributed by atoms with Crippen LogP contribution in [0, 0.1) is 10.1 Å². The Morgan fingerprint density at radius 1 is 1.35 bits per heavy atom. The second-order valence-corrected chi connectivity index (χ2v) is 5.50. The first kappa shape index (κ1) is 17.5. The molecule has 1 aliphatic heterocycles. The van der Waals surface area contributed by atoms with Crippen LogP contribution in [0.1, 0.15) is 5.56 Å². The zero-order valence-corrected chi connectivity index (χ0v) is 13.9. The molecule has 1 aliphatic rings. The molecule has 134 valence electrons. The lowest BCUT2D eigenvalue weighted by Crippen LogP contribution is -2.24. The molecule has 0 saturated heterocycles. The molecular formula is C16H12ClN3O6. The Morgan fingerprint density at radius 3 is 2.85 bits per heavy atom. The summed E-state index contributed by atoms with van der Waals surface area (Å²) < 4.78 is 15.5. The molecule has 0 aliphatic carbocycles. The second kappa shape index (κ2) is 7.70. The Labute approximate surface area is 152 Å². The van der Waals surface area contributed by atoms with Crippen LogP contribution in [-0.2, 0) is 4.79 Å². The number of carbonyl (C=O) groups is 1. The Bertz CT molecular complexity index is 886. The monoisotopic (exact) mass is 377 g/mol. The number of nitrogens with one attached hydrogen (secondary N) is 1. The van der Waals surface area contributed by atoms with Gasteiger partial charge in [-0.3, -0.25) is 14.9 Å². The number of amides is 1. The maximum Gasteiger partial charge on any atom is 0.282 e. The van der Waals surface area contributed by atoms with Crippen LogP contribution in [0.3, 0.4) is 0 Å². The summed E-state index contributed by atoms with van der Waals surface area (Å²) in [4.78, 5) is 22.3. The number of hydrogen-bond donors (Lipinski definition) is 1. The molecule has 0 radical (unpaired) electrons. The fourth-order valence-corrected chi connectivity index (χ4v) is 2.30. The van der Waals surface area contributed by atoms with E-state index in [2.05, 4.69) is 10.5 Å². The summed E-state index contributed by atoms with van der Waals surface area (Å²) in [7, 11) is 0. The molecule has 0 fully saturated rings. The number of ether oxygens (including phenoxy) is 3. The first-order valence-electron chi connectivity index (χ1n) is 7.31. The zero-order valence-electron chi connectivity index (χ0n) is 13.2. The standard InChI is InChI=1S/C16H12ClN3O6/c17-11-2-1-3-12(5-11)24-8-16(21)19-18-7-10-4-14-15(26-9-25-14)6-13(10)20(22)23/h1-7H,8-9H2,(H,19,21)/b18-7+. The van der Waals surface area contributed by atoms with E-state index < -0.39 is 10.8 Å². The molecule has 1 N–H and O–H groups in total. The topological polar surface area (TPSA) is 112 Å². The van der Waals surface area contributed by atoms with Crippen molar-refractivity contribution < 1.29 is 23.9 Å². The SMILES string of the molecule is O=C(COc1cccc(Cl)c1)N/N=C/c1cc2c(cc1[N+](=O)[O-])OCO2. The van der Waals surface area contributed by atoms with Gasteiger partial charge >= 0.3 is 0 Å². The zero-order chi connectivity index (χ0) is 18.5. The van der Waals surface area contributed by atoms with Crippen molar-refractivity contribution in [1.82, 2.24) is 5.43 Å². The normalized spacial score (nSPS) is 12.2. The Hall–Kier alpha value is -3.33. The van der Waals surface area contributed by atoms with E-state index in [0.717, 1.165) is 6.21 Å². The number of nitrogens with zero attached hydrogens (tertiary/aromatic N) is 2. The van der Waals surface area contributed by atoms with Crippen LogP contribution >= 0.6 is 11.6 Å². The number of nitro benzene ring substituents is 1. The average molecular weight is 378 g/mol. The van der Waals surface area contributed by atoms with Crippen molar-refractivity contribution in [3.05, 3.63) is 57.1 Å². The summed E-state index contributed by atoms with van der Waals surface area (Å²) >= 11 is 5.81. The maximum atomic E-state index is 11.7. The molecule has 0 atom stereocenters. The Morgan fingerprint density at radius 2 is 2.12 bits per heavy atom. The van der Waals surface area contributed by atoms with E-state index in [0.29, 0.717) is 16.5 Å². The van der Waals surface area contributed by atoms with Crippen LogP contribution in [-0.4, -0.2) is 30.4 Å². The minimum absolute atomic E-state index is 0.00926. The minimum Gasteiger partial charge on any atom is -0.484 e. The van der Waals surface area contributed by atoms with Gasteiger partial charge in [-0.2, -0.15) is 5.10 Å². The van der Waals surface area contributed by atoms with E-state index in [9.17, 15) is 14.9 Å². The van der Waals surface area contributed by atoms with Crippen LogP contribution in [0.5, 0.6) is 17.2 Å². The predicted octanol–water partition coefficient (Wildman–Crippen LogP) is 2.51.